The molecule has 0 bridgehead atoms. The molecule has 7 heteroatoms. The number of benzene rings is 2. The predicted molar refractivity (Wildman–Crippen MR) is 103 cm³/mol. The lowest BCUT2D eigenvalue weighted by Crippen LogP contribution is -2.36. The van der Waals surface area contributed by atoms with Crippen LogP contribution in [0.1, 0.15) is 23.9 Å². The molecule has 0 fully saturated rings. The first kappa shape index (κ1) is 18.9. The van der Waals surface area contributed by atoms with Crippen LogP contribution in [0.3, 0.4) is 0 Å². The summed E-state index contributed by atoms with van der Waals surface area (Å²) in [7, 11) is 0. The molecule has 0 spiro atoms. The normalized spacial score (nSPS) is 11.9. The van der Waals surface area contributed by atoms with E-state index in [1.807, 2.05) is 44.2 Å². The Morgan fingerprint density at radius 1 is 1.26 bits per heavy atom. The van der Waals surface area contributed by atoms with E-state index in [4.69, 9.17) is 20.9 Å². The fourth-order valence-electron chi connectivity index (χ4n) is 2.56. The highest BCUT2D eigenvalue weighted by Crippen LogP contribution is 2.25. The van der Waals surface area contributed by atoms with E-state index in [1.165, 1.54) is 0 Å². The molecule has 1 N–H and O–H groups in total. The molecule has 2 aromatic carbocycles. The number of rotatable bonds is 6. The fourth-order valence-corrected chi connectivity index (χ4v) is 2.78. The van der Waals surface area contributed by atoms with Gasteiger partial charge in [0.25, 0.3) is 5.91 Å². The number of hydrogen-bond acceptors (Lipinski definition) is 5. The van der Waals surface area contributed by atoms with E-state index in [2.05, 4.69) is 15.5 Å². The van der Waals surface area contributed by atoms with Crippen molar-refractivity contribution in [2.75, 3.05) is 0 Å². The highest BCUT2D eigenvalue weighted by Gasteiger charge is 2.17. The van der Waals surface area contributed by atoms with Gasteiger partial charge in [-0.05, 0) is 44.5 Å². The number of carbonyl (C=O) groups excluding carboxylic acids is 1. The molecule has 0 saturated carbocycles. The third-order valence-corrected chi connectivity index (χ3v) is 4.33. The smallest absolute Gasteiger partial charge is 0.261 e. The van der Waals surface area contributed by atoms with Gasteiger partial charge in [0.15, 0.2) is 6.10 Å². The van der Waals surface area contributed by atoms with Gasteiger partial charge in [-0.1, -0.05) is 46.6 Å². The van der Waals surface area contributed by atoms with Crippen LogP contribution in [0.2, 0.25) is 5.02 Å². The number of halogens is 1. The molecule has 0 aliphatic heterocycles. The summed E-state index contributed by atoms with van der Waals surface area (Å²) in [5.74, 6) is 1.08. The predicted octanol–water partition coefficient (Wildman–Crippen LogP) is 4.09. The van der Waals surface area contributed by atoms with E-state index in [0.717, 1.165) is 11.1 Å². The van der Waals surface area contributed by atoms with Crippen molar-refractivity contribution in [1.29, 1.82) is 0 Å². The molecular weight excluding hydrogens is 366 g/mol. The van der Waals surface area contributed by atoms with Crippen LogP contribution in [-0.4, -0.2) is 22.2 Å². The summed E-state index contributed by atoms with van der Waals surface area (Å²) in [5.41, 5.74) is 2.80. The van der Waals surface area contributed by atoms with Crippen LogP contribution in [0.4, 0.5) is 0 Å². The number of aryl methyl sites for hydroxylation is 2. The van der Waals surface area contributed by atoms with Crippen LogP contribution >= 0.6 is 11.6 Å². The molecule has 1 aromatic heterocycles. The van der Waals surface area contributed by atoms with Crippen LogP contribution < -0.4 is 10.1 Å². The van der Waals surface area contributed by atoms with Crippen molar-refractivity contribution < 1.29 is 14.1 Å². The number of nitrogens with one attached hydrogen (secondary N) is 1. The first-order valence-electron chi connectivity index (χ1n) is 8.53. The van der Waals surface area contributed by atoms with Gasteiger partial charge in [0.1, 0.15) is 5.75 Å². The lowest BCUT2D eigenvalue weighted by Gasteiger charge is -2.16. The third-order valence-electron chi connectivity index (χ3n) is 4.00. The second-order valence-corrected chi connectivity index (χ2v) is 6.65. The van der Waals surface area contributed by atoms with Gasteiger partial charge in [-0.15, -0.1) is 0 Å². The van der Waals surface area contributed by atoms with Crippen molar-refractivity contribution in [3.63, 3.8) is 0 Å². The molecule has 140 valence electrons. The maximum atomic E-state index is 12.3. The summed E-state index contributed by atoms with van der Waals surface area (Å²) in [4.78, 5) is 16.5. The van der Waals surface area contributed by atoms with Gasteiger partial charge in [0, 0.05) is 5.56 Å². The molecule has 6 nitrogen and oxygen atoms in total. The van der Waals surface area contributed by atoms with Gasteiger partial charge >= 0.3 is 0 Å². The molecule has 0 saturated heterocycles. The first-order valence-corrected chi connectivity index (χ1v) is 8.91. The number of ether oxygens (including phenoxy) is 1. The van der Waals surface area contributed by atoms with Crippen LogP contribution in [0, 0.1) is 13.8 Å². The maximum absolute atomic E-state index is 12.3. The van der Waals surface area contributed by atoms with Crippen LogP contribution in [0.5, 0.6) is 5.75 Å². The zero-order valence-electron chi connectivity index (χ0n) is 15.3. The summed E-state index contributed by atoms with van der Waals surface area (Å²) >= 11 is 6.13. The summed E-state index contributed by atoms with van der Waals surface area (Å²) in [5, 5.41) is 7.17. The lowest BCUT2D eigenvalue weighted by molar-refractivity contribution is -0.127. The van der Waals surface area contributed by atoms with Gasteiger partial charge in [-0.25, -0.2) is 0 Å². The quantitative estimate of drug-likeness (QED) is 0.691. The SMILES string of the molecule is Cc1ccc(O[C@@H](C)C(=O)NCc2nc(-c3ccccc3Cl)no2)c(C)c1. The zero-order chi connectivity index (χ0) is 19.4. The van der Waals surface area contributed by atoms with E-state index >= 15 is 0 Å². The summed E-state index contributed by atoms with van der Waals surface area (Å²) in [6.45, 7) is 5.75. The van der Waals surface area contributed by atoms with Crippen molar-refractivity contribution >= 4 is 17.5 Å². The van der Waals surface area contributed by atoms with Gasteiger partial charge in [-0.3, -0.25) is 4.79 Å². The molecule has 0 aliphatic rings. The molecule has 0 radical (unpaired) electrons. The van der Waals surface area contributed by atoms with Crippen molar-refractivity contribution in [2.45, 2.75) is 33.4 Å². The Hall–Kier alpha value is -2.86. The molecule has 3 rings (SSSR count). The number of amides is 1. The summed E-state index contributed by atoms with van der Waals surface area (Å²) < 4.78 is 10.9. The Balaban J connectivity index is 1.58. The molecule has 1 heterocycles. The standard InChI is InChI=1S/C20H20ClN3O3/c1-12-8-9-17(13(2)10-12)26-14(3)20(25)22-11-18-23-19(24-27-18)15-6-4-5-7-16(15)21/h4-10,14H,11H2,1-3H3,(H,22,25)/t14-/m0/s1. The fraction of sp³-hybridized carbons (Fsp3) is 0.250. The Morgan fingerprint density at radius 3 is 2.78 bits per heavy atom. The Labute approximate surface area is 162 Å². The number of carbonyl (C=O) groups is 1. The van der Waals surface area contributed by atoms with Crippen LogP contribution in [0.25, 0.3) is 11.4 Å². The van der Waals surface area contributed by atoms with Crippen molar-refractivity contribution in [3.8, 4) is 17.1 Å². The summed E-state index contributed by atoms with van der Waals surface area (Å²) in [6.07, 6.45) is -0.655. The van der Waals surface area contributed by atoms with Gasteiger partial charge in [0.2, 0.25) is 11.7 Å². The van der Waals surface area contributed by atoms with E-state index in [1.54, 1.807) is 19.1 Å². The van der Waals surface area contributed by atoms with Gasteiger partial charge in [-0.2, -0.15) is 4.98 Å². The molecule has 27 heavy (non-hydrogen) atoms. The Bertz CT molecular complexity index is 955. The highest BCUT2D eigenvalue weighted by atomic mass is 35.5. The number of nitrogens with zero attached hydrogens (tertiary/aromatic N) is 2. The van der Waals surface area contributed by atoms with Crippen LogP contribution in [-0.2, 0) is 11.3 Å². The topological polar surface area (TPSA) is 77.2 Å². The third kappa shape index (κ3) is 4.65. The van der Waals surface area contributed by atoms with E-state index in [0.29, 0.717) is 22.2 Å². The number of aromatic nitrogens is 2. The van der Waals surface area contributed by atoms with Gasteiger partial charge < -0.3 is 14.6 Å². The van der Waals surface area contributed by atoms with E-state index in [9.17, 15) is 4.79 Å². The average Bonchev–Trinajstić information content (AvgIpc) is 3.11. The monoisotopic (exact) mass is 385 g/mol. The molecule has 1 amide bonds. The average molecular weight is 386 g/mol. The first-order chi connectivity index (χ1) is 12.9. The maximum Gasteiger partial charge on any atom is 0.261 e. The lowest BCUT2D eigenvalue weighted by atomic mass is 10.1. The Kier molecular flexibility index (Phi) is 5.76. The second kappa shape index (κ2) is 8.22. The molecule has 1 atom stereocenters. The second-order valence-electron chi connectivity index (χ2n) is 6.24. The summed E-state index contributed by atoms with van der Waals surface area (Å²) in [6, 6.07) is 13.0. The van der Waals surface area contributed by atoms with E-state index in [-0.39, 0.29) is 18.3 Å². The van der Waals surface area contributed by atoms with Crippen LogP contribution in [0.15, 0.2) is 47.0 Å². The molecule has 0 aliphatic carbocycles. The van der Waals surface area contributed by atoms with Crippen molar-refractivity contribution in [3.05, 3.63) is 64.5 Å². The minimum absolute atomic E-state index is 0.108. The number of hydrogen-bond donors (Lipinski definition) is 1. The largest absolute Gasteiger partial charge is 0.481 e. The zero-order valence-corrected chi connectivity index (χ0v) is 16.1. The van der Waals surface area contributed by atoms with Crippen molar-refractivity contribution in [2.24, 2.45) is 0 Å². The molecule has 0 unspecified atom stereocenters. The van der Waals surface area contributed by atoms with Gasteiger partial charge in [0.05, 0.1) is 11.6 Å². The highest BCUT2D eigenvalue weighted by molar-refractivity contribution is 6.33. The molecule has 3 aromatic rings. The van der Waals surface area contributed by atoms with Crippen molar-refractivity contribution in [1.82, 2.24) is 15.5 Å². The van der Waals surface area contributed by atoms with E-state index < -0.39 is 6.10 Å². The minimum Gasteiger partial charge on any atom is -0.481 e. The Morgan fingerprint density at radius 2 is 2.04 bits per heavy atom. The minimum atomic E-state index is -0.655. The molecular formula is C20H20ClN3O3.